The smallest absolute Gasteiger partial charge is 0.207 e. The third-order valence-electron chi connectivity index (χ3n) is 2.58. The number of halogens is 5. The van der Waals surface area contributed by atoms with Crippen molar-refractivity contribution < 1.29 is 26.0 Å². The molecule has 0 aromatic heterocycles. The van der Waals surface area contributed by atoms with Crippen molar-refractivity contribution >= 4 is 21.6 Å². The normalized spacial score (nSPS) is 12.9. The molecule has 3 nitrogen and oxygen atoms in total. The van der Waals surface area contributed by atoms with E-state index >= 15 is 0 Å². The average Bonchev–Trinajstić information content (AvgIpc) is 2.35. The van der Waals surface area contributed by atoms with E-state index in [4.69, 9.17) is 11.6 Å². The Kier molecular flexibility index (Phi) is 5.39. The van der Waals surface area contributed by atoms with Crippen LogP contribution >= 0.6 is 11.6 Å². The summed E-state index contributed by atoms with van der Waals surface area (Å²) in [6, 6.07) is 2.93. The topological polar surface area (TPSA) is 37.4 Å². The summed E-state index contributed by atoms with van der Waals surface area (Å²) in [6.07, 6.45) is -5.71. The molecule has 0 bridgehead atoms. The van der Waals surface area contributed by atoms with Crippen molar-refractivity contribution in [2.45, 2.75) is 23.4 Å². The van der Waals surface area contributed by atoms with Crippen molar-refractivity contribution in [3.63, 3.8) is 0 Å². The molecule has 1 aromatic carbocycles. The first-order valence-corrected chi connectivity index (χ1v) is 7.43. The summed E-state index contributed by atoms with van der Waals surface area (Å²) < 4.78 is 74.1. The number of benzene rings is 1. The van der Waals surface area contributed by atoms with Crippen molar-refractivity contribution in [1.29, 1.82) is 0 Å². The van der Waals surface area contributed by atoms with Crippen molar-refractivity contribution in [1.82, 2.24) is 4.31 Å². The van der Waals surface area contributed by atoms with Gasteiger partial charge in [-0.15, -0.1) is 11.6 Å². The predicted octanol–water partition coefficient (Wildman–Crippen LogP) is 3.14. The Bertz CT molecular complexity index is 574. The zero-order valence-electron chi connectivity index (χ0n) is 10.4. The monoisotopic (exact) mass is 333 g/mol. The summed E-state index contributed by atoms with van der Waals surface area (Å²) >= 11 is 5.46. The predicted molar refractivity (Wildman–Crippen MR) is 66.4 cm³/mol. The van der Waals surface area contributed by atoms with Gasteiger partial charge in [-0.05, 0) is 18.2 Å². The molecule has 0 radical (unpaired) electrons. The fourth-order valence-electron chi connectivity index (χ4n) is 1.40. The third-order valence-corrected chi connectivity index (χ3v) is 4.72. The Balaban J connectivity index is 2.98. The van der Waals surface area contributed by atoms with Gasteiger partial charge in [0.1, 0.15) is 5.82 Å². The second-order valence-corrected chi connectivity index (χ2v) is 6.39. The van der Waals surface area contributed by atoms with Gasteiger partial charge >= 0.3 is 6.18 Å². The van der Waals surface area contributed by atoms with E-state index in [2.05, 4.69) is 0 Å². The highest BCUT2D eigenvalue weighted by atomic mass is 35.5. The zero-order chi connectivity index (χ0) is 15.6. The molecule has 0 heterocycles. The van der Waals surface area contributed by atoms with Crippen LogP contribution in [0.4, 0.5) is 17.6 Å². The molecule has 0 fully saturated rings. The van der Waals surface area contributed by atoms with E-state index in [1.165, 1.54) is 0 Å². The lowest BCUT2D eigenvalue weighted by Gasteiger charge is -2.18. The van der Waals surface area contributed by atoms with Gasteiger partial charge in [0.2, 0.25) is 10.0 Å². The summed E-state index contributed by atoms with van der Waals surface area (Å²) in [5, 5.41) is 0. The minimum absolute atomic E-state index is 0.0306. The van der Waals surface area contributed by atoms with Gasteiger partial charge in [-0.2, -0.15) is 13.2 Å². The van der Waals surface area contributed by atoms with Crippen molar-refractivity contribution in [2.75, 3.05) is 13.6 Å². The van der Waals surface area contributed by atoms with Crippen molar-refractivity contribution in [3.8, 4) is 0 Å². The molecule has 114 valence electrons. The summed E-state index contributed by atoms with van der Waals surface area (Å²) in [4.78, 5) is -0.292. The molecule has 1 aromatic rings. The van der Waals surface area contributed by atoms with Gasteiger partial charge in [0.15, 0.2) is 0 Å². The van der Waals surface area contributed by atoms with Crippen LogP contribution in [-0.4, -0.2) is 32.5 Å². The number of sulfonamides is 1. The van der Waals surface area contributed by atoms with Crippen LogP contribution < -0.4 is 0 Å². The average molecular weight is 334 g/mol. The molecule has 0 unspecified atom stereocenters. The molecular weight excluding hydrogens is 322 g/mol. The van der Waals surface area contributed by atoms with Crippen LogP contribution in [0, 0.1) is 5.82 Å². The number of nitrogens with zero attached hydrogens (tertiary/aromatic N) is 1. The van der Waals surface area contributed by atoms with Gasteiger partial charge in [0, 0.05) is 19.2 Å². The summed E-state index contributed by atoms with van der Waals surface area (Å²) in [5.74, 6) is -0.904. The number of alkyl halides is 4. The third kappa shape index (κ3) is 4.32. The van der Waals surface area contributed by atoms with E-state index in [1.807, 2.05) is 0 Å². The lowest BCUT2D eigenvalue weighted by Crippen LogP contribution is -2.30. The van der Waals surface area contributed by atoms with E-state index in [1.54, 1.807) is 0 Å². The first-order valence-electron chi connectivity index (χ1n) is 5.45. The van der Waals surface area contributed by atoms with E-state index in [0.717, 1.165) is 25.2 Å². The summed E-state index contributed by atoms with van der Waals surface area (Å²) in [6.45, 7) is -0.709. The van der Waals surface area contributed by atoms with E-state index in [-0.39, 0.29) is 16.3 Å². The molecule has 0 N–H and O–H groups in total. The molecular formula is C11H12ClF4NO2S. The fraction of sp³-hybridized carbons (Fsp3) is 0.455. The summed E-state index contributed by atoms with van der Waals surface area (Å²) in [7, 11) is -3.07. The second kappa shape index (κ2) is 6.28. The maximum atomic E-state index is 13.2. The largest absolute Gasteiger partial charge is 0.390 e. The molecule has 1 rings (SSSR count). The molecule has 0 aliphatic rings. The van der Waals surface area contributed by atoms with Gasteiger partial charge < -0.3 is 0 Å². The summed E-state index contributed by atoms with van der Waals surface area (Å²) in [5.41, 5.74) is -0.0306. The number of rotatable bonds is 5. The Morgan fingerprint density at radius 2 is 1.90 bits per heavy atom. The van der Waals surface area contributed by atoms with E-state index < -0.39 is 35.0 Å². The van der Waals surface area contributed by atoms with Gasteiger partial charge in [-0.3, -0.25) is 0 Å². The fourth-order valence-corrected chi connectivity index (χ4v) is 2.83. The quantitative estimate of drug-likeness (QED) is 0.613. The number of hydrogen-bond donors (Lipinski definition) is 0. The molecule has 0 spiro atoms. The molecule has 20 heavy (non-hydrogen) atoms. The maximum Gasteiger partial charge on any atom is 0.390 e. The lowest BCUT2D eigenvalue weighted by molar-refractivity contribution is -0.135. The van der Waals surface area contributed by atoms with Crippen LogP contribution in [0.5, 0.6) is 0 Å². The van der Waals surface area contributed by atoms with E-state index in [0.29, 0.717) is 4.31 Å². The minimum atomic E-state index is -4.45. The van der Waals surface area contributed by atoms with Crippen LogP contribution in [0.1, 0.15) is 12.0 Å². The molecule has 9 heteroatoms. The first kappa shape index (κ1) is 17.2. The SMILES string of the molecule is CN(CCC(F)(F)F)S(=O)(=O)c1ccc(F)c(CCl)c1. The minimum Gasteiger partial charge on any atom is -0.207 e. The first-order chi connectivity index (χ1) is 9.08. The molecule has 0 aliphatic carbocycles. The Hall–Kier alpha value is -0.860. The maximum absolute atomic E-state index is 13.2. The van der Waals surface area contributed by atoms with Crippen LogP contribution in [0.25, 0.3) is 0 Å². The Labute approximate surface area is 119 Å². The second-order valence-electron chi connectivity index (χ2n) is 4.08. The molecule has 0 atom stereocenters. The molecule has 0 amide bonds. The lowest BCUT2D eigenvalue weighted by atomic mass is 10.2. The molecule has 0 aliphatic heterocycles. The Morgan fingerprint density at radius 1 is 1.30 bits per heavy atom. The van der Waals surface area contributed by atoms with Gasteiger partial charge in [-0.1, -0.05) is 0 Å². The van der Waals surface area contributed by atoms with Crippen molar-refractivity contribution in [2.24, 2.45) is 0 Å². The molecule has 0 saturated heterocycles. The highest BCUT2D eigenvalue weighted by Gasteiger charge is 2.30. The standard InChI is InChI=1S/C11H12ClF4NO2S/c1-17(5-4-11(14,15)16)20(18,19)9-2-3-10(13)8(6-9)7-12/h2-3,6H,4-5,7H2,1H3. The Morgan fingerprint density at radius 3 is 2.40 bits per heavy atom. The molecule has 0 saturated carbocycles. The zero-order valence-corrected chi connectivity index (χ0v) is 12.0. The van der Waals surface area contributed by atoms with E-state index in [9.17, 15) is 26.0 Å². The van der Waals surface area contributed by atoms with Crippen LogP contribution in [0.3, 0.4) is 0 Å². The highest BCUT2D eigenvalue weighted by Crippen LogP contribution is 2.23. The van der Waals surface area contributed by atoms with Gasteiger partial charge in [-0.25, -0.2) is 17.1 Å². The number of hydrogen-bond acceptors (Lipinski definition) is 2. The van der Waals surface area contributed by atoms with Crippen LogP contribution in [0.15, 0.2) is 23.1 Å². The van der Waals surface area contributed by atoms with Gasteiger partial charge in [0.25, 0.3) is 0 Å². The van der Waals surface area contributed by atoms with Gasteiger partial charge in [0.05, 0.1) is 17.2 Å². The van der Waals surface area contributed by atoms with Crippen molar-refractivity contribution in [3.05, 3.63) is 29.6 Å². The highest BCUT2D eigenvalue weighted by molar-refractivity contribution is 7.89. The van der Waals surface area contributed by atoms with Crippen LogP contribution in [0.2, 0.25) is 0 Å². The van der Waals surface area contributed by atoms with Crippen LogP contribution in [-0.2, 0) is 15.9 Å².